The molecule has 0 spiro atoms. The Bertz CT molecular complexity index is 1200. The first-order valence-corrected chi connectivity index (χ1v) is 10.1. The molecule has 1 heterocycles. The average Bonchev–Trinajstić information content (AvgIpc) is 3.32. The Balaban J connectivity index is 1.53. The zero-order valence-corrected chi connectivity index (χ0v) is 17.8. The highest BCUT2D eigenvalue weighted by molar-refractivity contribution is 6.05. The number of fused-ring (bicyclic) bond motifs is 1. The van der Waals surface area contributed by atoms with Gasteiger partial charge in [0.2, 0.25) is 6.79 Å². The van der Waals surface area contributed by atoms with E-state index in [0.717, 1.165) is 5.56 Å². The third-order valence-corrected chi connectivity index (χ3v) is 4.73. The topological polar surface area (TPSA) is 98.2 Å². The van der Waals surface area contributed by atoms with Gasteiger partial charge >= 0.3 is 0 Å². The predicted octanol–water partition coefficient (Wildman–Crippen LogP) is 3.35. The Morgan fingerprint density at radius 3 is 2.42 bits per heavy atom. The molecule has 8 nitrogen and oxygen atoms in total. The van der Waals surface area contributed by atoms with Crippen LogP contribution in [0.1, 0.15) is 21.5 Å². The van der Waals surface area contributed by atoms with Gasteiger partial charge in [-0.1, -0.05) is 24.3 Å². The van der Waals surface area contributed by atoms with Crippen molar-refractivity contribution in [1.29, 1.82) is 0 Å². The van der Waals surface area contributed by atoms with Crippen molar-refractivity contribution >= 4 is 24.1 Å². The molecule has 2 N–H and O–H groups in total. The van der Waals surface area contributed by atoms with Crippen molar-refractivity contribution in [3.05, 3.63) is 95.2 Å². The molecule has 0 saturated heterocycles. The molecule has 2 amide bonds. The number of rotatable bonds is 7. The Morgan fingerprint density at radius 2 is 1.67 bits per heavy atom. The van der Waals surface area contributed by atoms with E-state index in [4.69, 9.17) is 14.2 Å². The smallest absolute Gasteiger partial charge is 0.287 e. The molecule has 1 aliphatic heterocycles. The van der Waals surface area contributed by atoms with Crippen LogP contribution in [0.3, 0.4) is 0 Å². The summed E-state index contributed by atoms with van der Waals surface area (Å²) in [7, 11) is 1.58. The first kappa shape index (κ1) is 21.6. The lowest BCUT2D eigenvalue weighted by atomic mass is 10.1. The zero-order chi connectivity index (χ0) is 23.0. The lowest BCUT2D eigenvalue weighted by Crippen LogP contribution is -2.32. The van der Waals surface area contributed by atoms with Crippen LogP contribution < -0.4 is 25.0 Å². The van der Waals surface area contributed by atoms with Gasteiger partial charge in [0.25, 0.3) is 11.8 Å². The van der Waals surface area contributed by atoms with Gasteiger partial charge in [0, 0.05) is 5.56 Å². The Morgan fingerprint density at radius 1 is 0.939 bits per heavy atom. The first-order valence-electron chi connectivity index (χ1n) is 10.1. The molecule has 3 aromatic carbocycles. The maximum absolute atomic E-state index is 12.9. The molecular formula is C25H21N3O5. The monoisotopic (exact) mass is 443 g/mol. The molecule has 33 heavy (non-hydrogen) atoms. The summed E-state index contributed by atoms with van der Waals surface area (Å²) < 4.78 is 15.8. The summed E-state index contributed by atoms with van der Waals surface area (Å²) in [5.74, 6) is 0.901. The van der Waals surface area contributed by atoms with Crippen LogP contribution in [0.2, 0.25) is 0 Å². The third kappa shape index (κ3) is 5.56. The van der Waals surface area contributed by atoms with Crippen molar-refractivity contribution in [2.75, 3.05) is 13.9 Å². The molecule has 0 unspecified atom stereocenters. The van der Waals surface area contributed by atoms with Gasteiger partial charge in [0.05, 0.1) is 13.3 Å². The molecule has 0 atom stereocenters. The van der Waals surface area contributed by atoms with Crippen molar-refractivity contribution in [2.45, 2.75) is 0 Å². The number of ether oxygens (including phenoxy) is 3. The lowest BCUT2D eigenvalue weighted by Gasteiger charge is -2.09. The van der Waals surface area contributed by atoms with E-state index in [0.29, 0.717) is 28.4 Å². The minimum absolute atomic E-state index is 0.0228. The number of nitrogens with one attached hydrogen (secondary N) is 2. The van der Waals surface area contributed by atoms with Crippen LogP contribution in [-0.4, -0.2) is 31.9 Å². The number of carbonyl (C=O) groups is 2. The summed E-state index contributed by atoms with van der Waals surface area (Å²) in [6.07, 6.45) is 3.04. The molecule has 4 rings (SSSR count). The summed E-state index contributed by atoms with van der Waals surface area (Å²) >= 11 is 0. The number of methoxy groups -OCH3 is 1. The molecule has 8 heteroatoms. The fourth-order valence-electron chi connectivity index (χ4n) is 3.03. The Hall–Kier alpha value is -4.59. The molecule has 0 bridgehead atoms. The van der Waals surface area contributed by atoms with Gasteiger partial charge in [-0.05, 0) is 65.7 Å². The van der Waals surface area contributed by atoms with Crippen molar-refractivity contribution < 1.29 is 23.8 Å². The summed E-state index contributed by atoms with van der Waals surface area (Å²) in [6, 6.07) is 21.0. The van der Waals surface area contributed by atoms with Gasteiger partial charge in [-0.25, -0.2) is 5.43 Å². The number of hydrogen-bond acceptors (Lipinski definition) is 6. The maximum Gasteiger partial charge on any atom is 0.287 e. The van der Waals surface area contributed by atoms with E-state index >= 15 is 0 Å². The Labute approximate surface area is 190 Å². The van der Waals surface area contributed by atoms with Crippen LogP contribution >= 0.6 is 0 Å². The van der Waals surface area contributed by atoms with Crippen LogP contribution in [0.25, 0.3) is 6.08 Å². The van der Waals surface area contributed by atoms with Crippen molar-refractivity contribution in [3.63, 3.8) is 0 Å². The fraction of sp³-hybridized carbons (Fsp3) is 0.0800. The second kappa shape index (κ2) is 10.1. The van der Waals surface area contributed by atoms with Gasteiger partial charge in [-0.15, -0.1) is 0 Å². The standard InChI is InChI=1S/C25H21N3O5/c1-31-20-10-7-17(8-11-20)15-26-28-25(30)21(27-24(29)19-5-3-2-4-6-19)13-18-9-12-22-23(14-18)33-16-32-22/h2-15H,16H2,1H3,(H,27,29)(H,28,30)/b21-13-,26-15?. The molecule has 3 aromatic rings. The highest BCUT2D eigenvalue weighted by atomic mass is 16.7. The highest BCUT2D eigenvalue weighted by Gasteiger charge is 2.16. The maximum atomic E-state index is 12.9. The van der Waals surface area contributed by atoms with E-state index in [-0.39, 0.29) is 12.5 Å². The van der Waals surface area contributed by atoms with Crippen molar-refractivity contribution in [2.24, 2.45) is 5.10 Å². The second-order valence-electron chi connectivity index (χ2n) is 6.96. The summed E-state index contributed by atoms with van der Waals surface area (Å²) in [5, 5.41) is 6.66. The van der Waals surface area contributed by atoms with E-state index < -0.39 is 11.8 Å². The molecule has 166 valence electrons. The lowest BCUT2D eigenvalue weighted by molar-refractivity contribution is -0.117. The molecule has 0 saturated carbocycles. The molecule has 0 radical (unpaired) electrons. The molecule has 0 aliphatic carbocycles. The van der Waals surface area contributed by atoms with Crippen LogP contribution in [0.5, 0.6) is 17.2 Å². The number of amides is 2. The summed E-state index contributed by atoms with van der Waals surface area (Å²) in [6.45, 7) is 0.140. The minimum atomic E-state index is -0.582. The number of benzene rings is 3. The summed E-state index contributed by atoms with van der Waals surface area (Å²) in [4.78, 5) is 25.5. The predicted molar refractivity (Wildman–Crippen MR) is 123 cm³/mol. The van der Waals surface area contributed by atoms with E-state index in [1.165, 1.54) is 6.21 Å². The van der Waals surface area contributed by atoms with Crippen LogP contribution in [0, 0.1) is 0 Å². The van der Waals surface area contributed by atoms with Gasteiger partial charge in [-0.3, -0.25) is 9.59 Å². The van der Waals surface area contributed by atoms with Crippen LogP contribution in [0.4, 0.5) is 0 Å². The minimum Gasteiger partial charge on any atom is -0.497 e. The largest absolute Gasteiger partial charge is 0.497 e. The number of hydrogen-bond donors (Lipinski definition) is 2. The van der Waals surface area contributed by atoms with Gasteiger partial charge < -0.3 is 19.5 Å². The molecule has 1 aliphatic rings. The fourth-order valence-corrected chi connectivity index (χ4v) is 3.03. The Kier molecular flexibility index (Phi) is 6.65. The second-order valence-corrected chi connectivity index (χ2v) is 6.96. The van der Waals surface area contributed by atoms with Gasteiger partial charge in [-0.2, -0.15) is 5.10 Å². The van der Waals surface area contributed by atoms with Gasteiger partial charge in [0.15, 0.2) is 11.5 Å². The number of nitrogens with zero attached hydrogens (tertiary/aromatic N) is 1. The average molecular weight is 443 g/mol. The molecule has 0 aromatic heterocycles. The third-order valence-electron chi connectivity index (χ3n) is 4.73. The van der Waals surface area contributed by atoms with E-state index in [1.54, 1.807) is 86.0 Å². The van der Waals surface area contributed by atoms with Crippen LogP contribution in [-0.2, 0) is 4.79 Å². The summed E-state index contributed by atoms with van der Waals surface area (Å²) in [5.41, 5.74) is 4.31. The van der Waals surface area contributed by atoms with Crippen LogP contribution in [0.15, 0.2) is 83.6 Å². The van der Waals surface area contributed by atoms with Crippen molar-refractivity contribution in [1.82, 2.24) is 10.7 Å². The first-order chi connectivity index (χ1) is 16.1. The zero-order valence-electron chi connectivity index (χ0n) is 17.8. The van der Waals surface area contributed by atoms with Gasteiger partial charge in [0.1, 0.15) is 11.4 Å². The van der Waals surface area contributed by atoms with E-state index in [2.05, 4.69) is 15.8 Å². The SMILES string of the molecule is COc1ccc(C=NNC(=O)/C(=C/c2ccc3c(c2)OCO3)NC(=O)c2ccccc2)cc1. The van der Waals surface area contributed by atoms with Crippen molar-refractivity contribution in [3.8, 4) is 17.2 Å². The molecule has 0 fully saturated rings. The van der Waals surface area contributed by atoms with E-state index in [9.17, 15) is 9.59 Å². The van der Waals surface area contributed by atoms with E-state index in [1.807, 2.05) is 0 Å². The number of carbonyl (C=O) groups excluding carboxylic acids is 2. The number of hydrazone groups is 1. The highest BCUT2D eigenvalue weighted by Crippen LogP contribution is 2.33. The quantitative estimate of drug-likeness (QED) is 0.332. The normalized spacial score (nSPS) is 12.5. The molecular weight excluding hydrogens is 422 g/mol.